The number of hydrogen-bond acceptors (Lipinski definition) is 3. The molecule has 0 saturated carbocycles. The highest BCUT2D eigenvalue weighted by atomic mass is 35.5. The van der Waals surface area contributed by atoms with Gasteiger partial charge in [0.25, 0.3) is 0 Å². The number of carbonyl (C=O) groups is 1. The topological polar surface area (TPSA) is 39.2 Å². The highest BCUT2D eigenvalue weighted by Crippen LogP contribution is 2.34. The summed E-state index contributed by atoms with van der Waals surface area (Å²) in [5.74, 6) is -0.320. The second-order valence-electron chi connectivity index (χ2n) is 4.53. The number of nitrogens with zero attached hydrogens (tertiary/aromatic N) is 1. The molecular weight excluding hydrogens is 319 g/mol. The maximum atomic E-state index is 12.6. The van der Waals surface area contributed by atoms with Crippen LogP contribution in [-0.2, 0) is 10.9 Å². The minimum atomic E-state index is -4.52. The van der Waals surface area contributed by atoms with Gasteiger partial charge in [-0.05, 0) is 12.1 Å². The molecule has 0 aliphatic carbocycles. The average molecular weight is 326 g/mol. The van der Waals surface area contributed by atoms with Crippen molar-refractivity contribution >= 4 is 29.4 Å². The molecule has 2 aromatic rings. The predicted molar refractivity (Wildman–Crippen MR) is 74.0 cm³/mol. The molecule has 3 nitrogen and oxygen atoms in total. The normalized spacial score (nSPS) is 15.8. The summed E-state index contributed by atoms with van der Waals surface area (Å²) in [4.78, 5) is 15.4. The van der Waals surface area contributed by atoms with Gasteiger partial charge in [-0.1, -0.05) is 29.8 Å². The lowest BCUT2D eigenvalue weighted by atomic mass is 10.1. The van der Waals surface area contributed by atoms with Gasteiger partial charge in [-0.2, -0.15) is 13.2 Å². The third-order valence-electron chi connectivity index (χ3n) is 3.08. The number of cyclic esters (lactones) is 1. The zero-order chi connectivity index (χ0) is 15.9. The first kappa shape index (κ1) is 14.6. The van der Waals surface area contributed by atoms with E-state index >= 15 is 0 Å². The summed E-state index contributed by atoms with van der Waals surface area (Å²) in [6.45, 7) is 0. The number of ether oxygens (including phenoxy) is 1. The number of rotatable bonds is 1. The largest absolute Gasteiger partial charge is 0.422 e. The molecule has 0 atom stereocenters. The summed E-state index contributed by atoms with van der Waals surface area (Å²) in [7, 11) is 0. The van der Waals surface area contributed by atoms with Crippen molar-refractivity contribution in [2.75, 3.05) is 0 Å². The molecule has 0 unspecified atom stereocenters. The van der Waals surface area contributed by atoms with Crippen molar-refractivity contribution in [1.82, 2.24) is 4.98 Å². The van der Waals surface area contributed by atoms with Gasteiger partial charge in [0, 0.05) is 17.8 Å². The van der Waals surface area contributed by atoms with Crippen molar-refractivity contribution in [3.05, 3.63) is 63.9 Å². The van der Waals surface area contributed by atoms with Crippen LogP contribution in [0.3, 0.4) is 0 Å². The standard InChI is InChI=1S/C15H7ClF3NO2/c16-11-5-8(15(17,18)19)7-20-12(11)6-13-9-3-1-2-4-10(9)14(21)22-13/h1-7H/b13-6-. The number of aromatic nitrogens is 1. The van der Waals surface area contributed by atoms with E-state index in [1.165, 1.54) is 6.08 Å². The Morgan fingerprint density at radius 2 is 1.86 bits per heavy atom. The van der Waals surface area contributed by atoms with Gasteiger partial charge in [0.15, 0.2) is 0 Å². The zero-order valence-corrected chi connectivity index (χ0v) is 11.6. The number of pyridine rings is 1. The lowest BCUT2D eigenvalue weighted by molar-refractivity contribution is -0.137. The monoisotopic (exact) mass is 325 g/mol. The van der Waals surface area contributed by atoms with Crippen LogP contribution >= 0.6 is 11.6 Å². The summed E-state index contributed by atoms with van der Waals surface area (Å²) in [6.07, 6.45) is -2.50. The molecule has 0 saturated heterocycles. The Morgan fingerprint density at radius 1 is 1.18 bits per heavy atom. The molecule has 1 aliphatic heterocycles. The first-order valence-electron chi connectivity index (χ1n) is 6.12. The molecule has 1 aromatic heterocycles. The van der Waals surface area contributed by atoms with E-state index < -0.39 is 17.7 Å². The minimum absolute atomic E-state index is 0.0918. The summed E-state index contributed by atoms with van der Waals surface area (Å²) in [5.41, 5.74) is 0.0830. The van der Waals surface area contributed by atoms with Crippen LogP contribution in [0, 0.1) is 0 Å². The Hall–Kier alpha value is -2.34. The molecule has 3 rings (SSSR count). The molecule has 0 fully saturated rings. The van der Waals surface area contributed by atoms with Crippen LogP contribution in [0.4, 0.5) is 13.2 Å². The maximum absolute atomic E-state index is 12.6. The Bertz CT molecular complexity index is 800. The average Bonchev–Trinajstić information content (AvgIpc) is 2.77. The zero-order valence-electron chi connectivity index (χ0n) is 10.8. The van der Waals surface area contributed by atoms with Crippen LogP contribution in [0.1, 0.15) is 27.2 Å². The highest BCUT2D eigenvalue weighted by molar-refractivity contribution is 6.32. The van der Waals surface area contributed by atoms with E-state index in [4.69, 9.17) is 16.3 Å². The molecule has 1 aromatic carbocycles. The summed E-state index contributed by atoms with van der Waals surface area (Å²) < 4.78 is 42.8. The maximum Gasteiger partial charge on any atom is 0.417 e. The molecule has 0 bridgehead atoms. The predicted octanol–water partition coefficient (Wildman–Crippen LogP) is 4.42. The molecule has 0 amide bonds. The quantitative estimate of drug-likeness (QED) is 0.728. The van der Waals surface area contributed by atoms with E-state index in [0.717, 1.165) is 6.07 Å². The molecule has 0 spiro atoms. The van der Waals surface area contributed by atoms with Crippen LogP contribution in [0.2, 0.25) is 5.02 Å². The van der Waals surface area contributed by atoms with Gasteiger partial charge < -0.3 is 4.74 Å². The Morgan fingerprint density at radius 3 is 2.50 bits per heavy atom. The van der Waals surface area contributed by atoms with Crippen molar-refractivity contribution in [1.29, 1.82) is 0 Å². The fraction of sp³-hybridized carbons (Fsp3) is 0.0667. The third kappa shape index (κ3) is 2.57. The Kier molecular flexibility index (Phi) is 3.41. The number of halogens is 4. The van der Waals surface area contributed by atoms with Gasteiger partial charge in [-0.15, -0.1) is 0 Å². The Balaban J connectivity index is 2.02. The van der Waals surface area contributed by atoms with E-state index in [9.17, 15) is 18.0 Å². The summed E-state index contributed by atoms with van der Waals surface area (Å²) >= 11 is 5.83. The molecule has 112 valence electrons. The van der Waals surface area contributed by atoms with E-state index in [1.54, 1.807) is 24.3 Å². The van der Waals surface area contributed by atoms with Crippen LogP contribution in [0.15, 0.2) is 36.5 Å². The van der Waals surface area contributed by atoms with E-state index in [2.05, 4.69) is 4.98 Å². The van der Waals surface area contributed by atoms with Gasteiger partial charge in [-0.25, -0.2) is 4.79 Å². The van der Waals surface area contributed by atoms with Gasteiger partial charge >= 0.3 is 12.1 Å². The van der Waals surface area contributed by atoms with Crippen molar-refractivity contribution in [2.45, 2.75) is 6.18 Å². The van der Waals surface area contributed by atoms with E-state index in [0.29, 0.717) is 17.3 Å². The number of alkyl halides is 3. The first-order valence-corrected chi connectivity index (χ1v) is 6.50. The number of benzene rings is 1. The molecule has 0 N–H and O–H groups in total. The molecule has 0 radical (unpaired) electrons. The lowest BCUT2D eigenvalue weighted by Gasteiger charge is -2.07. The van der Waals surface area contributed by atoms with Crippen LogP contribution < -0.4 is 0 Å². The molecule has 1 aliphatic rings. The van der Waals surface area contributed by atoms with Gasteiger partial charge in [0.05, 0.1) is 21.8 Å². The van der Waals surface area contributed by atoms with Gasteiger partial charge in [0.2, 0.25) is 0 Å². The van der Waals surface area contributed by atoms with Crippen molar-refractivity contribution < 1.29 is 22.7 Å². The molecular formula is C15H7ClF3NO2. The summed E-state index contributed by atoms with van der Waals surface area (Å²) in [5, 5.41) is -0.178. The fourth-order valence-electron chi connectivity index (χ4n) is 2.03. The summed E-state index contributed by atoms with van der Waals surface area (Å²) in [6, 6.07) is 7.46. The third-order valence-corrected chi connectivity index (χ3v) is 3.38. The number of hydrogen-bond donors (Lipinski definition) is 0. The second kappa shape index (κ2) is 5.14. The second-order valence-corrected chi connectivity index (χ2v) is 4.94. The smallest absolute Gasteiger partial charge is 0.417 e. The van der Waals surface area contributed by atoms with E-state index in [-0.39, 0.29) is 16.5 Å². The van der Waals surface area contributed by atoms with Crippen LogP contribution in [0.5, 0.6) is 0 Å². The molecule has 2 heterocycles. The Labute approximate surface area is 128 Å². The molecule has 22 heavy (non-hydrogen) atoms. The van der Waals surface area contributed by atoms with Gasteiger partial charge in [0.1, 0.15) is 5.76 Å². The van der Waals surface area contributed by atoms with Crippen LogP contribution in [-0.4, -0.2) is 11.0 Å². The van der Waals surface area contributed by atoms with Crippen molar-refractivity contribution in [2.24, 2.45) is 0 Å². The van der Waals surface area contributed by atoms with Crippen molar-refractivity contribution in [3.63, 3.8) is 0 Å². The number of esters is 1. The van der Waals surface area contributed by atoms with Crippen LogP contribution in [0.25, 0.3) is 11.8 Å². The first-order chi connectivity index (χ1) is 10.4. The van der Waals surface area contributed by atoms with Crippen molar-refractivity contribution in [3.8, 4) is 0 Å². The SMILES string of the molecule is O=C1O/C(=C\c2ncc(C(F)(F)F)cc2Cl)c2ccccc21. The molecule has 7 heteroatoms. The highest BCUT2D eigenvalue weighted by Gasteiger charge is 2.32. The number of fused-ring (bicyclic) bond motifs is 1. The van der Waals surface area contributed by atoms with Gasteiger partial charge in [-0.3, -0.25) is 4.98 Å². The minimum Gasteiger partial charge on any atom is -0.422 e. The lowest BCUT2D eigenvalue weighted by Crippen LogP contribution is -2.05. The van der Waals surface area contributed by atoms with E-state index in [1.807, 2.05) is 0 Å². The number of carbonyl (C=O) groups excluding carboxylic acids is 1. The fourth-order valence-corrected chi connectivity index (χ4v) is 2.25.